The highest BCUT2D eigenvalue weighted by molar-refractivity contribution is 5.97. The van der Waals surface area contributed by atoms with Crippen molar-refractivity contribution in [3.63, 3.8) is 0 Å². The van der Waals surface area contributed by atoms with Gasteiger partial charge in [0.1, 0.15) is 12.2 Å². The molecule has 1 aromatic heterocycles. The standard InChI is InChI=1S/C17H26N2O4/c1-4-21-10-11-22-15-9-8-14(12-18-15)19-16(20)17(3,23-5-2)13-6-7-13/h8-9,12-13H,4-7,10-11H2,1-3H3,(H,19,20)/t17-/m0/s1. The largest absolute Gasteiger partial charge is 0.475 e. The van der Waals surface area contributed by atoms with E-state index < -0.39 is 5.60 Å². The Hall–Kier alpha value is -1.66. The number of nitrogens with zero attached hydrogens (tertiary/aromatic N) is 1. The van der Waals surface area contributed by atoms with Gasteiger partial charge in [-0.3, -0.25) is 4.79 Å². The van der Waals surface area contributed by atoms with Crippen LogP contribution in [0.3, 0.4) is 0 Å². The molecule has 1 saturated carbocycles. The molecule has 0 saturated heterocycles. The Morgan fingerprint density at radius 3 is 2.65 bits per heavy atom. The molecule has 128 valence electrons. The number of nitrogens with one attached hydrogen (secondary N) is 1. The Balaban J connectivity index is 1.88. The molecule has 1 aromatic rings. The van der Waals surface area contributed by atoms with Crippen LogP contribution in [-0.2, 0) is 14.3 Å². The number of carbonyl (C=O) groups is 1. The molecule has 1 aliphatic carbocycles. The number of rotatable bonds is 10. The predicted octanol–water partition coefficient (Wildman–Crippen LogP) is 2.64. The second-order valence-electron chi connectivity index (χ2n) is 5.70. The molecule has 6 nitrogen and oxygen atoms in total. The first-order valence-corrected chi connectivity index (χ1v) is 8.22. The van der Waals surface area contributed by atoms with Gasteiger partial charge >= 0.3 is 0 Å². The fraction of sp³-hybridized carbons (Fsp3) is 0.647. The van der Waals surface area contributed by atoms with Gasteiger partial charge in [-0.05, 0) is 45.6 Å². The molecule has 0 unspecified atom stereocenters. The van der Waals surface area contributed by atoms with Gasteiger partial charge in [-0.15, -0.1) is 0 Å². The van der Waals surface area contributed by atoms with Crippen LogP contribution >= 0.6 is 0 Å². The average Bonchev–Trinajstić information content (AvgIpc) is 3.38. The summed E-state index contributed by atoms with van der Waals surface area (Å²) in [4.78, 5) is 16.7. The topological polar surface area (TPSA) is 69.7 Å². The number of amides is 1. The van der Waals surface area contributed by atoms with E-state index in [9.17, 15) is 4.79 Å². The second-order valence-corrected chi connectivity index (χ2v) is 5.70. The number of hydrogen-bond donors (Lipinski definition) is 1. The smallest absolute Gasteiger partial charge is 0.256 e. The first-order chi connectivity index (χ1) is 11.1. The van der Waals surface area contributed by atoms with Crippen LogP contribution in [-0.4, -0.2) is 42.9 Å². The lowest BCUT2D eigenvalue weighted by Gasteiger charge is -2.28. The third-order valence-corrected chi connectivity index (χ3v) is 3.93. The minimum atomic E-state index is -0.762. The van der Waals surface area contributed by atoms with Crippen molar-refractivity contribution in [1.82, 2.24) is 4.98 Å². The summed E-state index contributed by atoms with van der Waals surface area (Å²) < 4.78 is 16.4. The van der Waals surface area contributed by atoms with Crippen LogP contribution in [0.2, 0.25) is 0 Å². The van der Waals surface area contributed by atoms with Gasteiger partial charge in [0, 0.05) is 19.3 Å². The number of ether oxygens (including phenoxy) is 3. The number of pyridine rings is 1. The zero-order chi connectivity index (χ0) is 16.7. The summed E-state index contributed by atoms with van der Waals surface area (Å²) in [5.41, 5.74) is -0.125. The fourth-order valence-corrected chi connectivity index (χ4v) is 2.45. The zero-order valence-corrected chi connectivity index (χ0v) is 14.1. The quantitative estimate of drug-likeness (QED) is 0.671. The van der Waals surface area contributed by atoms with Crippen molar-refractivity contribution >= 4 is 11.6 Å². The molecule has 0 spiro atoms. The lowest BCUT2D eigenvalue weighted by molar-refractivity contribution is -0.141. The minimum absolute atomic E-state index is 0.117. The van der Waals surface area contributed by atoms with Gasteiger partial charge in [0.2, 0.25) is 5.88 Å². The van der Waals surface area contributed by atoms with Gasteiger partial charge < -0.3 is 19.5 Å². The Bertz CT molecular complexity index is 502. The highest BCUT2D eigenvalue weighted by atomic mass is 16.5. The summed E-state index contributed by atoms with van der Waals surface area (Å²) >= 11 is 0. The first kappa shape index (κ1) is 17.7. The summed E-state index contributed by atoms with van der Waals surface area (Å²) in [5, 5.41) is 2.89. The third kappa shape index (κ3) is 4.91. The minimum Gasteiger partial charge on any atom is -0.475 e. The van der Waals surface area contributed by atoms with Crippen molar-refractivity contribution < 1.29 is 19.0 Å². The van der Waals surface area contributed by atoms with E-state index in [1.54, 1.807) is 18.3 Å². The lowest BCUT2D eigenvalue weighted by atomic mass is 9.99. The van der Waals surface area contributed by atoms with E-state index in [0.717, 1.165) is 12.8 Å². The van der Waals surface area contributed by atoms with E-state index in [-0.39, 0.29) is 5.91 Å². The van der Waals surface area contributed by atoms with Gasteiger partial charge in [0.25, 0.3) is 5.91 Å². The van der Waals surface area contributed by atoms with E-state index in [2.05, 4.69) is 10.3 Å². The third-order valence-electron chi connectivity index (χ3n) is 3.93. The Morgan fingerprint density at radius 1 is 1.30 bits per heavy atom. The van der Waals surface area contributed by atoms with Crippen LogP contribution in [0.15, 0.2) is 18.3 Å². The molecule has 1 N–H and O–H groups in total. The van der Waals surface area contributed by atoms with Crippen molar-refractivity contribution in [3.8, 4) is 5.88 Å². The molecule has 23 heavy (non-hydrogen) atoms. The summed E-state index contributed by atoms with van der Waals surface area (Å²) in [6.07, 6.45) is 3.66. The average molecular weight is 322 g/mol. The number of hydrogen-bond acceptors (Lipinski definition) is 5. The number of anilines is 1. The van der Waals surface area contributed by atoms with Crippen LogP contribution in [0, 0.1) is 5.92 Å². The molecule has 0 radical (unpaired) electrons. The molecule has 1 atom stereocenters. The van der Waals surface area contributed by atoms with Crippen LogP contribution in [0.25, 0.3) is 0 Å². The summed E-state index contributed by atoms with van der Waals surface area (Å²) in [7, 11) is 0. The predicted molar refractivity (Wildman–Crippen MR) is 87.6 cm³/mol. The molecule has 6 heteroatoms. The Morgan fingerprint density at radius 2 is 2.09 bits per heavy atom. The number of carbonyl (C=O) groups excluding carboxylic acids is 1. The molecule has 0 bridgehead atoms. The van der Waals surface area contributed by atoms with Crippen LogP contribution in [0.5, 0.6) is 5.88 Å². The van der Waals surface area contributed by atoms with Crippen molar-refractivity contribution in [1.29, 1.82) is 0 Å². The molecule has 1 aliphatic rings. The van der Waals surface area contributed by atoms with E-state index in [0.29, 0.717) is 43.9 Å². The molecule has 0 aromatic carbocycles. The number of aromatic nitrogens is 1. The SMILES string of the molecule is CCOCCOc1ccc(NC(=O)[C@@](C)(OCC)C2CC2)cn1. The van der Waals surface area contributed by atoms with Gasteiger partial charge in [0.15, 0.2) is 0 Å². The maximum absolute atomic E-state index is 12.5. The summed E-state index contributed by atoms with van der Waals surface area (Å²) in [5.74, 6) is 0.697. The summed E-state index contributed by atoms with van der Waals surface area (Å²) in [6.45, 7) is 7.88. The highest BCUT2D eigenvalue weighted by Crippen LogP contribution is 2.42. The van der Waals surface area contributed by atoms with E-state index in [1.165, 1.54) is 0 Å². The van der Waals surface area contributed by atoms with Gasteiger partial charge in [-0.1, -0.05) is 0 Å². The van der Waals surface area contributed by atoms with Crippen molar-refractivity contribution in [2.45, 2.75) is 39.2 Å². The summed E-state index contributed by atoms with van der Waals surface area (Å²) in [6, 6.07) is 3.51. The van der Waals surface area contributed by atoms with E-state index in [1.807, 2.05) is 20.8 Å². The molecular formula is C17H26N2O4. The van der Waals surface area contributed by atoms with Crippen LogP contribution in [0.1, 0.15) is 33.6 Å². The lowest BCUT2D eigenvalue weighted by Crippen LogP contribution is -2.44. The maximum atomic E-state index is 12.5. The molecule has 0 aliphatic heterocycles. The molecule has 1 fully saturated rings. The highest BCUT2D eigenvalue weighted by Gasteiger charge is 2.48. The van der Waals surface area contributed by atoms with Crippen LogP contribution < -0.4 is 10.1 Å². The van der Waals surface area contributed by atoms with Crippen molar-refractivity contribution in [3.05, 3.63) is 18.3 Å². The Kier molecular flexibility index (Phi) is 6.36. The van der Waals surface area contributed by atoms with Crippen LogP contribution in [0.4, 0.5) is 5.69 Å². The zero-order valence-electron chi connectivity index (χ0n) is 14.1. The van der Waals surface area contributed by atoms with Crippen molar-refractivity contribution in [2.75, 3.05) is 31.7 Å². The van der Waals surface area contributed by atoms with Crippen molar-refractivity contribution in [2.24, 2.45) is 5.92 Å². The van der Waals surface area contributed by atoms with E-state index >= 15 is 0 Å². The fourth-order valence-electron chi connectivity index (χ4n) is 2.45. The molecule has 1 amide bonds. The maximum Gasteiger partial charge on any atom is 0.256 e. The van der Waals surface area contributed by atoms with E-state index in [4.69, 9.17) is 14.2 Å². The monoisotopic (exact) mass is 322 g/mol. The van der Waals surface area contributed by atoms with Gasteiger partial charge in [0.05, 0.1) is 18.5 Å². The van der Waals surface area contributed by atoms with Gasteiger partial charge in [-0.2, -0.15) is 0 Å². The first-order valence-electron chi connectivity index (χ1n) is 8.22. The van der Waals surface area contributed by atoms with Gasteiger partial charge in [-0.25, -0.2) is 4.98 Å². The molecule has 1 heterocycles. The second kappa shape index (κ2) is 8.26. The Labute approximate surface area is 137 Å². The normalized spacial score (nSPS) is 16.7. The molecule has 2 rings (SSSR count). The molecular weight excluding hydrogens is 296 g/mol.